The first-order valence-electron chi connectivity index (χ1n) is 7.00. The average Bonchev–Trinajstić information content (AvgIpc) is 2.45. The van der Waals surface area contributed by atoms with Crippen LogP contribution in [0.1, 0.15) is 18.5 Å². The van der Waals surface area contributed by atoms with E-state index in [0.717, 1.165) is 0 Å². The third-order valence-corrected chi connectivity index (χ3v) is 4.21. The zero-order valence-electron chi connectivity index (χ0n) is 12.7. The Bertz CT molecular complexity index is 701. The summed E-state index contributed by atoms with van der Waals surface area (Å²) in [4.78, 5) is 23.9. The van der Waals surface area contributed by atoms with Gasteiger partial charge in [-0.2, -0.15) is 13.2 Å². The summed E-state index contributed by atoms with van der Waals surface area (Å²) in [5.41, 5.74) is -3.86. The minimum absolute atomic E-state index is 0.0263. The highest BCUT2D eigenvalue weighted by Crippen LogP contribution is 2.44. The molecule has 2 amide bonds. The molecule has 25 heavy (non-hydrogen) atoms. The van der Waals surface area contributed by atoms with Crippen LogP contribution in [0.4, 0.5) is 18.0 Å². The number of aliphatic hydroxyl groups is 1. The summed E-state index contributed by atoms with van der Waals surface area (Å²) in [6.07, 6.45) is -5.35. The van der Waals surface area contributed by atoms with E-state index in [-0.39, 0.29) is 22.2 Å². The van der Waals surface area contributed by atoms with E-state index in [1.807, 2.05) is 0 Å². The summed E-state index contributed by atoms with van der Waals surface area (Å²) in [5, 5.41) is 13.8. The highest BCUT2D eigenvalue weighted by molar-refractivity contribution is 6.35. The van der Waals surface area contributed by atoms with Gasteiger partial charge in [-0.15, -0.1) is 0 Å². The molecule has 1 aromatic carbocycles. The molecule has 0 unspecified atom stereocenters. The number of hydrogen-bond acceptors (Lipinski definition) is 4. The van der Waals surface area contributed by atoms with Gasteiger partial charge in [-0.1, -0.05) is 29.3 Å². The van der Waals surface area contributed by atoms with E-state index in [1.54, 1.807) is 0 Å². The van der Waals surface area contributed by atoms with Gasteiger partial charge in [0.1, 0.15) is 5.92 Å². The number of nitrogens with one attached hydrogen (secondary N) is 2. The molecule has 0 aliphatic carbocycles. The zero-order valence-corrected chi connectivity index (χ0v) is 14.2. The van der Waals surface area contributed by atoms with Crippen LogP contribution in [0.15, 0.2) is 18.2 Å². The van der Waals surface area contributed by atoms with Crippen LogP contribution < -0.4 is 10.6 Å². The number of rotatable bonds is 3. The maximum atomic E-state index is 13.4. The predicted octanol–water partition coefficient (Wildman–Crippen LogP) is 2.78. The number of alkyl halides is 3. The average molecular weight is 401 g/mol. The molecule has 1 heterocycles. The predicted molar refractivity (Wildman–Crippen MR) is 82.0 cm³/mol. The number of urea groups is 1. The monoisotopic (exact) mass is 400 g/mol. The topological polar surface area (TPSA) is 87.7 Å². The molecule has 1 fully saturated rings. The van der Waals surface area contributed by atoms with Crippen LogP contribution in [0.2, 0.25) is 10.0 Å². The minimum atomic E-state index is -5.35. The van der Waals surface area contributed by atoms with Gasteiger partial charge in [0.15, 0.2) is 0 Å². The molecular formula is C14H13Cl2F3N2O4. The van der Waals surface area contributed by atoms with Gasteiger partial charge in [0.05, 0.1) is 12.6 Å². The molecule has 0 saturated carbocycles. The molecule has 0 spiro atoms. The Balaban J connectivity index is 2.61. The number of hydrogen-bond donors (Lipinski definition) is 3. The minimum Gasteiger partial charge on any atom is -0.466 e. The molecule has 3 N–H and O–H groups in total. The molecule has 138 valence electrons. The van der Waals surface area contributed by atoms with E-state index in [1.165, 1.54) is 30.4 Å². The Morgan fingerprint density at radius 2 is 2.04 bits per heavy atom. The Morgan fingerprint density at radius 1 is 1.40 bits per heavy atom. The fraction of sp³-hybridized carbons (Fsp3) is 0.429. The molecular weight excluding hydrogens is 388 g/mol. The first-order chi connectivity index (χ1) is 11.5. The second kappa shape index (κ2) is 6.89. The lowest BCUT2D eigenvalue weighted by molar-refractivity contribution is -0.294. The van der Waals surface area contributed by atoms with Crippen LogP contribution in [0, 0.1) is 5.92 Å². The molecule has 1 saturated heterocycles. The van der Waals surface area contributed by atoms with Crippen LogP contribution in [-0.4, -0.2) is 35.6 Å². The zero-order chi connectivity index (χ0) is 19.0. The molecule has 0 radical (unpaired) electrons. The Hall–Kier alpha value is -1.71. The number of carbonyl (C=O) groups is 2. The van der Waals surface area contributed by atoms with Gasteiger partial charge in [0.25, 0.3) is 5.72 Å². The van der Waals surface area contributed by atoms with E-state index in [4.69, 9.17) is 23.2 Å². The van der Waals surface area contributed by atoms with Crippen LogP contribution in [0.25, 0.3) is 0 Å². The molecule has 11 heteroatoms. The van der Waals surface area contributed by atoms with E-state index < -0.39 is 35.9 Å². The van der Waals surface area contributed by atoms with Crippen molar-refractivity contribution < 1.29 is 32.6 Å². The lowest BCUT2D eigenvalue weighted by atomic mass is 9.82. The number of ether oxygens (including phenoxy) is 1. The Labute approximate surface area is 150 Å². The van der Waals surface area contributed by atoms with Gasteiger partial charge >= 0.3 is 18.2 Å². The molecule has 1 aromatic rings. The fourth-order valence-electron chi connectivity index (χ4n) is 2.55. The van der Waals surface area contributed by atoms with Gasteiger partial charge in [-0.25, -0.2) is 4.79 Å². The van der Waals surface area contributed by atoms with Gasteiger partial charge < -0.3 is 20.5 Å². The second-order valence-electron chi connectivity index (χ2n) is 5.24. The van der Waals surface area contributed by atoms with Crippen molar-refractivity contribution in [3.63, 3.8) is 0 Å². The molecule has 1 aliphatic heterocycles. The van der Waals surface area contributed by atoms with Crippen LogP contribution in [0.3, 0.4) is 0 Å². The van der Waals surface area contributed by atoms with Crippen LogP contribution in [-0.2, 0) is 9.53 Å². The van der Waals surface area contributed by atoms with E-state index in [2.05, 4.69) is 10.1 Å². The number of carbonyl (C=O) groups excluding carboxylic acids is 2. The molecule has 0 aromatic heterocycles. The van der Waals surface area contributed by atoms with Crippen molar-refractivity contribution in [3.8, 4) is 0 Å². The lowest BCUT2D eigenvalue weighted by Crippen LogP contribution is -2.73. The van der Waals surface area contributed by atoms with Gasteiger partial charge in [-0.3, -0.25) is 4.79 Å². The summed E-state index contributed by atoms with van der Waals surface area (Å²) in [7, 11) is 0. The smallest absolute Gasteiger partial charge is 0.437 e. The summed E-state index contributed by atoms with van der Waals surface area (Å²) >= 11 is 11.8. The first kappa shape index (κ1) is 19.6. The van der Waals surface area contributed by atoms with Crippen LogP contribution in [0.5, 0.6) is 0 Å². The second-order valence-corrected chi connectivity index (χ2v) is 6.08. The summed E-state index contributed by atoms with van der Waals surface area (Å²) in [6, 6.07) is 0.901. The van der Waals surface area contributed by atoms with Gasteiger partial charge in [-0.05, 0) is 24.6 Å². The molecule has 0 bridgehead atoms. The molecule has 3 atom stereocenters. The summed E-state index contributed by atoms with van der Waals surface area (Å²) < 4.78 is 45.0. The maximum absolute atomic E-state index is 13.4. The standard InChI is InChI=1S/C14H13Cl2F3N2O4/c1-2-25-11(22)9-10(7-4-3-6(15)5-8(7)16)20-12(23)21-13(9,24)14(17,18)19/h3-5,9-10,24H,2H2,1H3,(H2,20,21,23)/t9-,10-,13-/m0/s1. The van der Waals surface area contributed by atoms with Gasteiger partial charge in [0.2, 0.25) is 0 Å². The van der Waals surface area contributed by atoms with Crippen molar-refractivity contribution in [3.05, 3.63) is 33.8 Å². The highest BCUT2D eigenvalue weighted by atomic mass is 35.5. The molecule has 6 nitrogen and oxygen atoms in total. The normalized spacial score (nSPS) is 26.6. The number of halogens is 5. The van der Waals surface area contributed by atoms with Crippen molar-refractivity contribution in [1.29, 1.82) is 0 Å². The van der Waals surface area contributed by atoms with Gasteiger partial charge in [0, 0.05) is 10.0 Å². The molecule has 2 rings (SSSR count). The van der Waals surface area contributed by atoms with Crippen molar-refractivity contribution in [1.82, 2.24) is 10.6 Å². The fourth-order valence-corrected chi connectivity index (χ4v) is 3.08. The third kappa shape index (κ3) is 3.63. The van der Waals surface area contributed by atoms with E-state index >= 15 is 0 Å². The summed E-state index contributed by atoms with van der Waals surface area (Å²) in [6.45, 7) is 1.17. The Morgan fingerprint density at radius 3 is 2.56 bits per heavy atom. The number of esters is 1. The SMILES string of the molecule is CCOC(=O)[C@@H]1[C@H](c2ccc(Cl)cc2Cl)NC(=O)N[C@@]1(O)C(F)(F)F. The number of benzene rings is 1. The molecule has 1 aliphatic rings. The highest BCUT2D eigenvalue weighted by Gasteiger charge is 2.67. The Kier molecular flexibility index (Phi) is 5.41. The maximum Gasteiger partial charge on any atom is 0.437 e. The third-order valence-electron chi connectivity index (χ3n) is 3.64. The van der Waals surface area contributed by atoms with Crippen molar-refractivity contribution in [2.24, 2.45) is 5.92 Å². The van der Waals surface area contributed by atoms with Crippen molar-refractivity contribution in [2.45, 2.75) is 24.9 Å². The largest absolute Gasteiger partial charge is 0.466 e. The van der Waals surface area contributed by atoms with Crippen molar-refractivity contribution >= 4 is 35.2 Å². The van der Waals surface area contributed by atoms with Crippen LogP contribution >= 0.6 is 23.2 Å². The van der Waals surface area contributed by atoms with E-state index in [9.17, 15) is 27.9 Å². The lowest BCUT2D eigenvalue weighted by Gasteiger charge is -2.44. The summed E-state index contributed by atoms with van der Waals surface area (Å²) in [5.74, 6) is -3.59. The van der Waals surface area contributed by atoms with E-state index in [0.29, 0.717) is 0 Å². The quantitative estimate of drug-likeness (QED) is 0.680. The van der Waals surface area contributed by atoms with Crippen molar-refractivity contribution in [2.75, 3.05) is 6.61 Å². The number of amides is 2. The first-order valence-corrected chi connectivity index (χ1v) is 7.76.